The molecule has 4 N–H and O–H groups in total. The quantitative estimate of drug-likeness (QED) is 0.292. The number of nitrogen functional groups attached to an aromatic ring is 1. The van der Waals surface area contributed by atoms with Crippen molar-refractivity contribution in [3.05, 3.63) is 60.0 Å². The van der Waals surface area contributed by atoms with Gasteiger partial charge in [0.05, 0.1) is 53.6 Å². The number of fused-ring (bicyclic) bond motifs is 1. The largest absolute Gasteiger partial charge is 0.491 e. The van der Waals surface area contributed by atoms with E-state index >= 15 is 0 Å². The highest BCUT2D eigenvalue weighted by Crippen LogP contribution is 2.37. The number of hydrogen-bond donors (Lipinski definition) is 3. The zero-order valence-corrected chi connectivity index (χ0v) is 19.9. The maximum absolute atomic E-state index is 13.6. The number of ether oxygens (including phenoxy) is 2. The van der Waals surface area contributed by atoms with E-state index in [4.69, 9.17) is 26.8 Å². The summed E-state index contributed by atoms with van der Waals surface area (Å²) in [6.45, 7) is 8.21. The van der Waals surface area contributed by atoms with Crippen LogP contribution in [0.15, 0.2) is 49.2 Å². The van der Waals surface area contributed by atoms with Gasteiger partial charge in [-0.1, -0.05) is 18.2 Å². The van der Waals surface area contributed by atoms with E-state index in [9.17, 15) is 9.18 Å². The maximum Gasteiger partial charge on any atom is 0.247 e. The number of nitrogens with zero attached hydrogens (tertiary/aromatic N) is 2. The molecule has 0 unspecified atom stereocenters. The average molecular weight is 500 g/mol. The number of pyridine rings is 1. The van der Waals surface area contributed by atoms with Crippen molar-refractivity contribution in [2.24, 2.45) is 0 Å². The topological polar surface area (TPSA) is 102 Å². The summed E-state index contributed by atoms with van der Waals surface area (Å²) in [6, 6.07) is 7.78. The van der Waals surface area contributed by atoms with Crippen molar-refractivity contribution in [1.29, 1.82) is 0 Å². The molecule has 1 aliphatic heterocycles. The Labute approximate surface area is 207 Å². The number of morpholine rings is 1. The number of nitrogens with one attached hydrogen (secondary N) is 2. The first-order valence-electron chi connectivity index (χ1n) is 11.2. The Bertz CT molecular complexity index is 1230. The summed E-state index contributed by atoms with van der Waals surface area (Å²) in [7, 11) is 0. The Hall–Kier alpha value is -3.40. The fraction of sp³-hybridized carbons (Fsp3) is 0.280. The van der Waals surface area contributed by atoms with Crippen molar-refractivity contribution in [2.45, 2.75) is 6.42 Å². The summed E-state index contributed by atoms with van der Waals surface area (Å²) in [5.74, 6) is -0.406. The molecule has 1 aliphatic rings. The molecule has 2 heterocycles. The minimum atomic E-state index is -0.519. The van der Waals surface area contributed by atoms with Crippen LogP contribution in [-0.2, 0) is 9.53 Å². The smallest absolute Gasteiger partial charge is 0.247 e. The number of halogens is 2. The first-order chi connectivity index (χ1) is 16.9. The van der Waals surface area contributed by atoms with Gasteiger partial charge in [-0.05, 0) is 36.8 Å². The van der Waals surface area contributed by atoms with E-state index in [0.717, 1.165) is 39.3 Å². The molecular weight excluding hydrogens is 473 g/mol. The number of amides is 1. The number of rotatable bonds is 9. The van der Waals surface area contributed by atoms with E-state index in [2.05, 4.69) is 27.1 Å². The summed E-state index contributed by atoms with van der Waals surface area (Å²) in [5, 5.41) is 6.60. The van der Waals surface area contributed by atoms with Crippen molar-refractivity contribution in [3.63, 3.8) is 0 Å². The molecule has 35 heavy (non-hydrogen) atoms. The van der Waals surface area contributed by atoms with Crippen LogP contribution in [0, 0.1) is 5.82 Å². The van der Waals surface area contributed by atoms with Crippen LogP contribution in [-0.4, -0.2) is 55.2 Å². The molecule has 3 aromatic rings. The van der Waals surface area contributed by atoms with Crippen LogP contribution >= 0.6 is 11.6 Å². The van der Waals surface area contributed by atoms with Crippen LogP contribution in [0.3, 0.4) is 0 Å². The average Bonchev–Trinajstić information content (AvgIpc) is 2.86. The Kier molecular flexibility index (Phi) is 8.02. The summed E-state index contributed by atoms with van der Waals surface area (Å²) >= 11 is 5.93. The minimum absolute atomic E-state index is 0.0152. The molecule has 184 valence electrons. The number of benzene rings is 2. The number of hydrogen-bond acceptors (Lipinski definition) is 7. The van der Waals surface area contributed by atoms with Crippen molar-refractivity contribution in [1.82, 2.24) is 9.88 Å². The second-order valence-corrected chi connectivity index (χ2v) is 8.46. The van der Waals surface area contributed by atoms with Crippen LogP contribution in [0.5, 0.6) is 5.75 Å². The molecule has 0 atom stereocenters. The molecular formula is C25H27ClFN5O3. The first-order valence-corrected chi connectivity index (χ1v) is 11.6. The highest BCUT2D eigenvalue weighted by molar-refractivity contribution is 6.31. The summed E-state index contributed by atoms with van der Waals surface area (Å²) in [5.41, 5.74) is 8.74. The van der Waals surface area contributed by atoms with E-state index in [-0.39, 0.29) is 10.9 Å². The molecule has 8 nitrogen and oxygen atoms in total. The molecule has 1 aromatic heterocycles. The van der Waals surface area contributed by atoms with Crippen molar-refractivity contribution >= 4 is 51.2 Å². The third-order valence-corrected chi connectivity index (χ3v) is 5.90. The van der Waals surface area contributed by atoms with E-state index < -0.39 is 5.82 Å². The number of aromatic nitrogens is 1. The van der Waals surface area contributed by atoms with Gasteiger partial charge in [0.1, 0.15) is 11.6 Å². The predicted molar refractivity (Wildman–Crippen MR) is 137 cm³/mol. The first kappa shape index (κ1) is 24.7. The van der Waals surface area contributed by atoms with Crippen molar-refractivity contribution in [3.8, 4) is 5.75 Å². The number of nitrogens with two attached hydrogens (primary N) is 1. The van der Waals surface area contributed by atoms with Gasteiger partial charge in [-0.15, -0.1) is 0 Å². The Balaban J connectivity index is 1.60. The lowest BCUT2D eigenvalue weighted by Crippen LogP contribution is -2.37. The van der Waals surface area contributed by atoms with Gasteiger partial charge in [-0.2, -0.15) is 0 Å². The van der Waals surface area contributed by atoms with Crippen LogP contribution in [0.1, 0.15) is 6.42 Å². The molecule has 10 heteroatoms. The van der Waals surface area contributed by atoms with Gasteiger partial charge in [0.25, 0.3) is 0 Å². The summed E-state index contributed by atoms with van der Waals surface area (Å²) < 4.78 is 25.0. The Morgan fingerprint density at radius 1 is 1.31 bits per heavy atom. The van der Waals surface area contributed by atoms with Crippen molar-refractivity contribution < 1.29 is 18.7 Å². The molecule has 0 bridgehead atoms. The second-order valence-electron chi connectivity index (χ2n) is 8.06. The van der Waals surface area contributed by atoms with Gasteiger partial charge in [0.2, 0.25) is 5.91 Å². The lowest BCUT2D eigenvalue weighted by atomic mass is 10.1. The summed E-state index contributed by atoms with van der Waals surface area (Å²) in [6.07, 6.45) is 3.53. The Morgan fingerprint density at radius 3 is 2.86 bits per heavy atom. The van der Waals surface area contributed by atoms with Gasteiger partial charge in [0, 0.05) is 36.8 Å². The van der Waals surface area contributed by atoms with Crippen molar-refractivity contribution in [2.75, 3.05) is 55.8 Å². The fourth-order valence-corrected chi connectivity index (χ4v) is 3.97. The Morgan fingerprint density at radius 2 is 2.11 bits per heavy atom. The molecule has 1 fully saturated rings. The lowest BCUT2D eigenvalue weighted by molar-refractivity contribution is -0.111. The SMILES string of the molecule is C=CC(=O)Nc1cc2c(Nc3ccc(F)c(Cl)c3)c(N)cnc2cc1OCCCN1CCOCC1. The molecule has 4 rings (SSSR count). The van der Waals surface area contributed by atoms with Gasteiger partial charge in [0.15, 0.2) is 0 Å². The third-order valence-electron chi connectivity index (χ3n) is 5.61. The van der Waals surface area contributed by atoms with E-state index in [1.165, 1.54) is 24.4 Å². The minimum Gasteiger partial charge on any atom is -0.491 e. The zero-order valence-electron chi connectivity index (χ0n) is 19.2. The van der Waals surface area contributed by atoms with Gasteiger partial charge < -0.3 is 25.8 Å². The molecule has 0 saturated carbocycles. The molecule has 2 aromatic carbocycles. The third kappa shape index (κ3) is 6.19. The van der Waals surface area contributed by atoms with Crippen LogP contribution in [0.25, 0.3) is 10.9 Å². The molecule has 1 saturated heterocycles. The predicted octanol–water partition coefficient (Wildman–Crippen LogP) is 4.58. The van der Waals surface area contributed by atoms with Crippen LogP contribution < -0.4 is 21.1 Å². The standard InChI is InChI=1S/C25H27ClFN5O3/c1-2-24(33)31-22-13-17-21(14-23(22)35-9-3-6-32-7-10-34-11-8-32)29-15-20(28)25(17)30-16-4-5-19(27)18(26)12-16/h2,4-5,12-15H,1,3,6-11,28H2,(H,29,30)(H,31,33). The molecule has 0 aliphatic carbocycles. The van der Waals surface area contributed by atoms with Gasteiger partial charge >= 0.3 is 0 Å². The van der Waals surface area contributed by atoms with Gasteiger partial charge in [-0.3, -0.25) is 14.7 Å². The van der Waals surface area contributed by atoms with E-state index in [0.29, 0.717) is 46.0 Å². The number of carbonyl (C=O) groups excluding carboxylic acids is 1. The maximum atomic E-state index is 13.6. The lowest BCUT2D eigenvalue weighted by Gasteiger charge is -2.26. The second kappa shape index (κ2) is 11.4. The molecule has 0 radical (unpaired) electrons. The fourth-order valence-electron chi connectivity index (χ4n) is 3.79. The number of anilines is 4. The van der Waals surface area contributed by atoms with Crippen LogP contribution in [0.4, 0.5) is 27.1 Å². The monoisotopic (exact) mass is 499 g/mol. The molecule has 1 amide bonds. The summed E-state index contributed by atoms with van der Waals surface area (Å²) in [4.78, 5) is 18.9. The number of carbonyl (C=O) groups is 1. The normalized spacial score (nSPS) is 14.0. The molecule has 0 spiro atoms. The zero-order chi connectivity index (χ0) is 24.8. The highest BCUT2D eigenvalue weighted by atomic mass is 35.5. The highest BCUT2D eigenvalue weighted by Gasteiger charge is 2.15. The van der Waals surface area contributed by atoms with E-state index in [1.807, 2.05) is 0 Å². The van der Waals surface area contributed by atoms with E-state index in [1.54, 1.807) is 18.2 Å². The van der Waals surface area contributed by atoms with Gasteiger partial charge in [-0.25, -0.2) is 4.39 Å². The van der Waals surface area contributed by atoms with Crippen LogP contribution in [0.2, 0.25) is 5.02 Å².